The molecule has 82 valence electrons. The van der Waals surface area contributed by atoms with E-state index in [2.05, 4.69) is 0 Å². The highest BCUT2D eigenvalue weighted by Gasteiger charge is 2.25. The van der Waals surface area contributed by atoms with E-state index in [1.807, 2.05) is 20.8 Å². The van der Waals surface area contributed by atoms with Gasteiger partial charge in [-0.1, -0.05) is 37.0 Å². The van der Waals surface area contributed by atoms with Crippen LogP contribution in [0.3, 0.4) is 0 Å². The molecule has 0 bridgehead atoms. The van der Waals surface area contributed by atoms with Crippen LogP contribution in [-0.4, -0.2) is 5.97 Å². The van der Waals surface area contributed by atoms with Gasteiger partial charge in [-0.05, 0) is 18.6 Å². The molecule has 15 heavy (non-hydrogen) atoms. The number of esters is 1. The fourth-order valence-electron chi connectivity index (χ4n) is 1.31. The number of hydrogen-bond donors (Lipinski definition) is 0. The first kappa shape index (κ1) is 12.3. The number of hydrogen-bond acceptors (Lipinski definition) is 2. The lowest BCUT2D eigenvalue weighted by atomic mass is 10.1. The summed E-state index contributed by atoms with van der Waals surface area (Å²) in [7, 11) is 0. The van der Waals surface area contributed by atoms with Gasteiger partial charge in [0.1, 0.15) is 6.61 Å². The highest BCUT2D eigenvalue weighted by molar-refractivity contribution is 6.37. The van der Waals surface area contributed by atoms with E-state index in [1.54, 1.807) is 6.07 Å². The molecule has 1 aliphatic heterocycles. The van der Waals surface area contributed by atoms with Gasteiger partial charge in [-0.15, -0.1) is 0 Å². The zero-order valence-corrected chi connectivity index (χ0v) is 10.4. The molecule has 1 aliphatic rings. The molecule has 1 aromatic carbocycles. The third kappa shape index (κ3) is 2.11. The van der Waals surface area contributed by atoms with E-state index in [0.29, 0.717) is 15.6 Å². The summed E-state index contributed by atoms with van der Waals surface area (Å²) in [6.07, 6.45) is 0. The van der Waals surface area contributed by atoms with E-state index in [-0.39, 0.29) is 12.6 Å². The quantitative estimate of drug-likeness (QED) is 0.647. The second kappa shape index (κ2) is 4.86. The van der Waals surface area contributed by atoms with Gasteiger partial charge in [0.05, 0.1) is 10.6 Å². The number of carbonyl (C=O) groups excluding carboxylic acids is 1. The van der Waals surface area contributed by atoms with E-state index in [1.165, 1.54) is 0 Å². The Bertz CT molecular complexity index is 400. The van der Waals surface area contributed by atoms with Crippen molar-refractivity contribution in [3.05, 3.63) is 32.8 Å². The fourth-order valence-corrected chi connectivity index (χ4v) is 1.82. The summed E-state index contributed by atoms with van der Waals surface area (Å²) in [4.78, 5) is 11.1. The highest BCUT2D eigenvalue weighted by atomic mass is 35.5. The smallest absolute Gasteiger partial charge is 0.338 e. The van der Waals surface area contributed by atoms with Gasteiger partial charge in [-0.2, -0.15) is 0 Å². The van der Waals surface area contributed by atoms with Crippen LogP contribution in [0.2, 0.25) is 10.0 Å². The predicted molar refractivity (Wildman–Crippen MR) is 61.7 cm³/mol. The average Bonchev–Trinajstić information content (AvgIpc) is 2.61. The molecule has 0 unspecified atom stereocenters. The summed E-state index contributed by atoms with van der Waals surface area (Å²) < 4.78 is 4.83. The van der Waals surface area contributed by atoms with Crippen LogP contribution in [0, 0.1) is 6.92 Å². The van der Waals surface area contributed by atoms with Gasteiger partial charge in [-0.3, -0.25) is 0 Å². The van der Waals surface area contributed by atoms with E-state index in [0.717, 1.165) is 11.1 Å². The van der Waals surface area contributed by atoms with Crippen LogP contribution in [0.1, 0.15) is 35.3 Å². The standard InChI is InChI=1S/C9H6Cl2O2.C2H6/c1-4-7(10)2-5-6(8(4)11)3-13-9(5)12;1-2/h2H,3H2,1H3;1-2H3. The van der Waals surface area contributed by atoms with Crippen LogP contribution in [0.15, 0.2) is 6.07 Å². The molecule has 0 atom stereocenters. The van der Waals surface area contributed by atoms with Crippen LogP contribution in [0.4, 0.5) is 0 Å². The Labute approximate surface area is 99.1 Å². The third-order valence-corrected chi connectivity index (χ3v) is 3.02. The summed E-state index contributed by atoms with van der Waals surface area (Å²) in [5.74, 6) is -0.348. The normalized spacial score (nSPS) is 12.7. The molecule has 0 saturated carbocycles. The van der Waals surface area contributed by atoms with Gasteiger partial charge >= 0.3 is 5.97 Å². The highest BCUT2D eigenvalue weighted by Crippen LogP contribution is 2.34. The van der Waals surface area contributed by atoms with E-state index in [9.17, 15) is 4.79 Å². The molecule has 0 amide bonds. The molecular formula is C11H12Cl2O2. The number of halogens is 2. The molecule has 2 rings (SSSR count). The summed E-state index contributed by atoms with van der Waals surface area (Å²) in [6.45, 7) is 6.07. The Morgan fingerprint density at radius 3 is 2.53 bits per heavy atom. The minimum absolute atomic E-state index is 0.255. The fraction of sp³-hybridized carbons (Fsp3) is 0.364. The average molecular weight is 247 g/mol. The molecule has 0 spiro atoms. The molecule has 0 aromatic heterocycles. The van der Waals surface area contributed by atoms with Crippen molar-refractivity contribution in [2.24, 2.45) is 0 Å². The SMILES string of the molecule is CC.Cc1c(Cl)cc2c(c1Cl)COC2=O. The van der Waals surface area contributed by atoms with Crippen molar-refractivity contribution in [3.8, 4) is 0 Å². The predicted octanol–water partition coefficient (Wildman–Crippen LogP) is 4.00. The largest absolute Gasteiger partial charge is 0.457 e. The van der Waals surface area contributed by atoms with E-state index in [4.69, 9.17) is 27.9 Å². The van der Waals surface area contributed by atoms with Gasteiger partial charge in [0.2, 0.25) is 0 Å². The van der Waals surface area contributed by atoms with Gasteiger partial charge in [0, 0.05) is 10.6 Å². The number of benzene rings is 1. The van der Waals surface area contributed by atoms with Gasteiger partial charge in [-0.25, -0.2) is 4.79 Å². The maximum atomic E-state index is 11.1. The zero-order valence-electron chi connectivity index (χ0n) is 8.86. The molecular weight excluding hydrogens is 235 g/mol. The molecule has 0 saturated heterocycles. The van der Waals surface area contributed by atoms with Gasteiger partial charge < -0.3 is 4.74 Å². The van der Waals surface area contributed by atoms with Crippen LogP contribution < -0.4 is 0 Å². The first-order valence-electron chi connectivity index (χ1n) is 4.76. The van der Waals surface area contributed by atoms with Crippen molar-refractivity contribution in [3.63, 3.8) is 0 Å². The number of rotatable bonds is 0. The van der Waals surface area contributed by atoms with Gasteiger partial charge in [0.25, 0.3) is 0 Å². The number of carbonyl (C=O) groups is 1. The Morgan fingerprint density at radius 2 is 1.93 bits per heavy atom. The second-order valence-electron chi connectivity index (χ2n) is 2.90. The molecule has 1 aromatic rings. The molecule has 0 aliphatic carbocycles. The Kier molecular flexibility index (Phi) is 4.00. The molecule has 0 radical (unpaired) electrons. The first-order chi connectivity index (χ1) is 7.11. The maximum Gasteiger partial charge on any atom is 0.338 e. The zero-order chi connectivity index (χ0) is 11.6. The second-order valence-corrected chi connectivity index (χ2v) is 3.68. The summed E-state index contributed by atoms with van der Waals surface area (Å²) in [5.41, 5.74) is 2.02. The van der Waals surface area contributed by atoms with E-state index < -0.39 is 0 Å². The minimum atomic E-state index is -0.348. The van der Waals surface area contributed by atoms with Crippen molar-refractivity contribution in [2.75, 3.05) is 0 Å². The first-order valence-corrected chi connectivity index (χ1v) is 5.51. The molecule has 0 N–H and O–H groups in total. The van der Waals surface area contributed by atoms with Crippen molar-refractivity contribution >= 4 is 29.2 Å². The van der Waals surface area contributed by atoms with Crippen LogP contribution in [0.5, 0.6) is 0 Å². The Balaban J connectivity index is 0.000000531. The maximum absolute atomic E-state index is 11.1. The Hall–Kier alpha value is -0.730. The number of fused-ring (bicyclic) bond motifs is 1. The lowest BCUT2D eigenvalue weighted by molar-refractivity contribution is 0.0535. The van der Waals surface area contributed by atoms with Crippen LogP contribution >= 0.6 is 23.2 Å². The number of cyclic esters (lactones) is 1. The lowest BCUT2D eigenvalue weighted by Gasteiger charge is -2.04. The lowest BCUT2D eigenvalue weighted by Crippen LogP contribution is -1.94. The monoisotopic (exact) mass is 246 g/mol. The van der Waals surface area contributed by atoms with E-state index >= 15 is 0 Å². The summed E-state index contributed by atoms with van der Waals surface area (Å²) in [6, 6.07) is 1.60. The van der Waals surface area contributed by atoms with Crippen LogP contribution in [0.25, 0.3) is 0 Å². The topological polar surface area (TPSA) is 26.3 Å². The van der Waals surface area contributed by atoms with Crippen molar-refractivity contribution in [1.82, 2.24) is 0 Å². The molecule has 1 heterocycles. The number of ether oxygens (including phenoxy) is 1. The molecule has 0 fully saturated rings. The summed E-state index contributed by atoms with van der Waals surface area (Å²) in [5, 5.41) is 1.04. The van der Waals surface area contributed by atoms with Crippen LogP contribution in [-0.2, 0) is 11.3 Å². The third-order valence-electron chi connectivity index (χ3n) is 2.12. The van der Waals surface area contributed by atoms with Crippen molar-refractivity contribution in [2.45, 2.75) is 27.4 Å². The summed E-state index contributed by atoms with van der Waals surface area (Å²) >= 11 is 11.9. The minimum Gasteiger partial charge on any atom is -0.457 e. The molecule has 4 heteroatoms. The molecule has 2 nitrogen and oxygen atoms in total. The van der Waals surface area contributed by atoms with Crippen molar-refractivity contribution in [1.29, 1.82) is 0 Å². The van der Waals surface area contributed by atoms with Gasteiger partial charge in [0.15, 0.2) is 0 Å². The van der Waals surface area contributed by atoms with Crippen molar-refractivity contribution < 1.29 is 9.53 Å². The Morgan fingerprint density at radius 1 is 1.33 bits per heavy atom.